The number of unbranched alkanes of at least 4 members (excludes halogenated alkanes) is 2. The molecule has 0 aromatic carbocycles. The molecule has 3 fully saturated rings. The Bertz CT molecular complexity index is 562. The van der Waals surface area contributed by atoms with Crippen molar-refractivity contribution >= 4 is 17.9 Å². The summed E-state index contributed by atoms with van der Waals surface area (Å²) < 4.78 is 0. The molecule has 3 amide bonds. The van der Waals surface area contributed by atoms with Crippen molar-refractivity contribution in [2.75, 3.05) is 13.1 Å². The molecule has 0 aromatic rings. The number of aliphatic carboxylic acids is 1. The summed E-state index contributed by atoms with van der Waals surface area (Å²) >= 11 is 0. The van der Waals surface area contributed by atoms with Crippen LogP contribution in [-0.2, 0) is 9.59 Å². The summed E-state index contributed by atoms with van der Waals surface area (Å²) in [6.07, 6.45) is 11.7. The second kappa shape index (κ2) is 10.1. The number of hydrogen-bond donors (Lipinski definition) is 3. The molecule has 1 aliphatic heterocycles. The average Bonchev–Trinajstić information content (AvgIpc) is 3.26. The van der Waals surface area contributed by atoms with Crippen LogP contribution in [0.1, 0.15) is 77.0 Å². The number of hydrogen-bond acceptors (Lipinski definition) is 3. The van der Waals surface area contributed by atoms with Crippen molar-refractivity contribution in [2.45, 2.75) is 89.1 Å². The van der Waals surface area contributed by atoms with Crippen LogP contribution in [0.25, 0.3) is 0 Å². The number of likely N-dealkylation sites (tertiary alicyclic amines) is 1. The molecule has 3 unspecified atom stereocenters. The van der Waals surface area contributed by atoms with E-state index in [9.17, 15) is 19.5 Å². The Kier molecular flexibility index (Phi) is 7.57. The molecule has 0 bridgehead atoms. The summed E-state index contributed by atoms with van der Waals surface area (Å²) in [4.78, 5) is 37.7. The Balaban J connectivity index is 1.28. The van der Waals surface area contributed by atoms with Crippen LogP contribution >= 0.6 is 0 Å². The molecule has 7 heteroatoms. The van der Waals surface area contributed by atoms with Gasteiger partial charge in [-0.25, -0.2) is 9.59 Å². The normalized spacial score (nSPS) is 27.4. The van der Waals surface area contributed by atoms with Gasteiger partial charge in [0.2, 0.25) is 5.91 Å². The highest BCUT2D eigenvalue weighted by Gasteiger charge is 2.49. The number of carboxylic acids is 1. The lowest BCUT2D eigenvalue weighted by atomic mass is 9.94. The Hall–Kier alpha value is -1.79. The zero-order valence-corrected chi connectivity index (χ0v) is 16.8. The average molecular weight is 394 g/mol. The standard InChI is InChI=1S/C21H35N3O4/c25-18(24-14-15-8-7-11-17(15)19(24)20(26)27)12-5-2-6-13-22-21(28)23-16-9-3-1-4-10-16/h15-17,19H,1-14H2,(H,26,27)(H2,22,23,28). The van der Waals surface area contributed by atoms with Crippen LogP contribution in [0, 0.1) is 11.8 Å². The van der Waals surface area contributed by atoms with Gasteiger partial charge < -0.3 is 20.6 Å². The Morgan fingerprint density at radius 2 is 1.71 bits per heavy atom. The fourth-order valence-corrected chi connectivity index (χ4v) is 5.29. The molecule has 7 nitrogen and oxygen atoms in total. The van der Waals surface area contributed by atoms with Crippen molar-refractivity contribution in [3.63, 3.8) is 0 Å². The molecule has 3 N–H and O–H groups in total. The van der Waals surface area contributed by atoms with E-state index >= 15 is 0 Å². The number of nitrogens with zero attached hydrogens (tertiary/aromatic N) is 1. The van der Waals surface area contributed by atoms with Gasteiger partial charge in [-0.1, -0.05) is 32.1 Å². The predicted molar refractivity (Wildman–Crippen MR) is 106 cm³/mol. The highest BCUT2D eigenvalue weighted by molar-refractivity contribution is 5.84. The maximum atomic E-state index is 12.5. The molecule has 3 atom stereocenters. The van der Waals surface area contributed by atoms with Crippen molar-refractivity contribution in [1.82, 2.24) is 15.5 Å². The summed E-state index contributed by atoms with van der Waals surface area (Å²) in [5, 5.41) is 15.5. The Morgan fingerprint density at radius 3 is 2.46 bits per heavy atom. The van der Waals surface area contributed by atoms with Gasteiger partial charge in [0.05, 0.1) is 0 Å². The van der Waals surface area contributed by atoms with Gasteiger partial charge in [-0.3, -0.25) is 4.79 Å². The summed E-state index contributed by atoms with van der Waals surface area (Å²) in [5.74, 6) is -0.356. The van der Waals surface area contributed by atoms with Gasteiger partial charge >= 0.3 is 12.0 Å². The number of fused-ring (bicyclic) bond motifs is 1. The van der Waals surface area contributed by atoms with Gasteiger partial charge in [0.1, 0.15) is 6.04 Å². The molecule has 3 rings (SSSR count). The van der Waals surface area contributed by atoms with E-state index < -0.39 is 12.0 Å². The van der Waals surface area contributed by atoms with Crippen LogP contribution in [0.4, 0.5) is 4.79 Å². The fourth-order valence-electron chi connectivity index (χ4n) is 5.29. The number of carboxylic acid groups (broad SMARTS) is 1. The van der Waals surface area contributed by atoms with E-state index in [1.54, 1.807) is 4.90 Å². The molecule has 3 aliphatic rings. The zero-order chi connectivity index (χ0) is 19.9. The third-order valence-electron chi connectivity index (χ3n) is 6.76. The molecule has 2 aliphatic carbocycles. The first-order chi connectivity index (χ1) is 13.6. The second-order valence-electron chi connectivity index (χ2n) is 8.73. The predicted octanol–water partition coefficient (Wildman–Crippen LogP) is 2.89. The van der Waals surface area contributed by atoms with Crippen molar-refractivity contribution in [2.24, 2.45) is 11.8 Å². The van der Waals surface area contributed by atoms with Crippen molar-refractivity contribution in [3.05, 3.63) is 0 Å². The largest absolute Gasteiger partial charge is 0.480 e. The van der Waals surface area contributed by atoms with Gasteiger partial charge in [0.25, 0.3) is 0 Å². The topological polar surface area (TPSA) is 98.7 Å². The highest BCUT2D eigenvalue weighted by Crippen LogP contribution is 2.42. The summed E-state index contributed by atoms with van der Waals surface area (Å²) in [7, 11) is 0. The van der Waals surface area contributed by atoms with Crippen molar-refractivity contribution < 1.29 is 19.5 Å². The molecule has 1 saturated heterocycles. The molecular weight excluding hydrogens is 358 g/mol. The van der Waals surface area contributed by atoms with Crippen LogP contribution in [0.2, 0.25) is 0 Å². The van der Waals surface area contributed by atoms with Gasteiger partial charge in [0, 0.05) is 25.6 Å². The first-order valence-corrected chi connectivity index (χ1v) is 11.1. The first kappa shape index (κ1) is 20.9. The fraction of sp³-hybridized carbons (Fsp3) is 0.857. The van der Waals surface area contributed by atoms with E-state index in [1.165, 1.54) is 19.3 Å². The van der Waals surface area contributed by atoms with E-state index in [1.807, 2.05) is 0 Å². The minimum atomic E-state index is -0.851. The number of amides is 3. The van der Waals surface area contributed by atoms with Gasteiger partial charge in [0.15, 0.2) is 0 Å². The third kappa shape index (κ3) is 5.39. The van der Waals surface area contributed by atoms with E-state index in [4.69, 9.17) is 0 Å². The maximum Gasteiger partial charge on any atom is 0.326 e. The van der Waals surface area contributed by atoms with Crippen molar-refractivity contribution in [3.8, 4) is 0 Å². The molecule has 0 radical (unpaired) electrons. The van der Waals surface area contributed by atoms with Gasteiger partial charge in [-0.2, -0.15) is 0 Å². The van der Waals surface area contributed by atoms with Crippen LogP contribution in [0.15, 0.2) is 0 Å². The molecule has 28 heavy (non-hydrogen) atoms. The zero-order valence-electron chi connectivity index (χ0n) is 16.8. The molecule has 0 spiro atoms. The smallest absolute Gasteiger partial charge is 0.326 e. The van der Waals surface area contributed by atoms with Gasteiger partial charge in [-0.05, 0) is 50.4 Å². The lowest BCUT2D eigenvalue weighted by Crippen LogP contribution is -2.43. The third-order valence-corrected chi connectivity index (χ3v) is 6.76. The molecule has 158 valence electrons. The van der Waals surface area contributed by atoms with E-state index in [0.29, 0.717) is 31.5 Å². The minimum absolute atomic E-state index is 0.0233. The lowest BCUT2D eigenvalue weighted by molar-refractivity contribution is -0.149. The Morgan fingerprint density at radius 1 is 0.929 bits per heavy atom. The van der Waals surface area contributed by atoms with Gasteiger partial charge in [-0.15, -0.1) is 0 Å². The highest BCUT2D eigenvalue weighted by atomic mass is 16.4. The van der Waals surface area contributed by atoms with Crippen LogP contribution in [-0.4, -0.2) is 53.1 Å². The molecule has 0 aromatic heterocycles. The van der Waals surface area contributed by atoms with E-state index in [-0.39, 0.29) is 17.9 Å². The van der Waals surface area contributed by atoms with Crippen LogP contribution in [0.5, 0.6) is 0 Å². The Labute approximate surface area is 167 Å². The van der Waals surface area contributed by atoms with E-state index in [2.05, 4.69) is 10.6 Å². The van der Waals surface area contributed by atoms with Crippen LogP contribution < -0.4 is 10.6 Å². The van der Waals surface area contributed by atoms with E-state index in [0.717, 1.165) is 51.4 Å². The number of nitrogens with one attached hydrogen (secondary N) is 2. The van der Waals surface area contributed by atoms with Crippen LogP contribution in [0.3, 0.4) is 0 Å². The quantitative estimate of drug-likeness (QED) is 0.552. The monoisotopic (exact) mass is 393 g/mol. The number of rotatable bonds is 8. The summed E-state index contributed by atoms with van der Waals surface area (Å²) in [6.45, 7) is 1.22. The molecular formula is C21H35N3O4. The SMILES string of the molecule is O=C(NCCCCCC(=O)N1CC2CCCC2C1C(=O)O)NC1CCCCC1. The summed E-state index contributed by atoms with van der Waals surface area (Å²) in [6, 6.07) is -0.394. The minimum Gasteiger partial charge on any atom is -0.480 e. The molecule has 2 saturated carbocycles. The molecule has 1 heterocycles. The first-order valence-electron chi connectivity index (χ1n) is 11.1. The number of carbonyl (C=O) groups excluding carboxylic acids is 2. The lowest BCUT2D eigenvalue weighted by Gasteiger charge is -2.24. The maximum absolute atomic E-state index is 12.5. The van der Waals surface area contributed by atoms with Crippen molar-refractivity contribution in [1.29, 1.82) is 0 Å². The number of carbonyl (C=O) groups is 3. The summed E-state index contributed by atoms with van der Waals surface area (Å²) in [5.41, 5.74) is 0. The second-order valence-corrected chi connectivity index (χ2v) is 8.73. The number of urea groups is 1.